The standard InChI is InChI=1S/C59H32N4OS2/c1-2-15-35-30-47-43(29-34(35)14-1)37-17-5-8-22-46(37)63(47)48-32-49-44(38-28-27-33-13-3-4-16-36(33)56(38)64-49)31-45(48)59-61-57(41-20-11-25-52-54(41)39-18-6-9-23-50(39)65-52)60-58(62-59)42-21-12-26-53-55(42)40-19-7-10-24-51(40)66-53/h1-32H. The molecule has 0 N–H and O–H groups in total. The predicted molar refractivity (Wildman–Crippen MR) is 279 cm³/mol. The number of aromatic nitrogens is 4. The summed E-state index contributed by atoms with van der Waals surface area (Å²) in [5.74, 6) is 1.84. The van der Waals surface area contributed by atoms with E-state index in [1.54, 1.807) is 22.7 Å². The van der Waals surface area contributed by atoms with Crippen LogP contribution >= 0.6 is 22.7 Å². The molecule has 5 heterocycles. The van der Waals surface area contributed by atoms with E-state index in [1.807, 2.05) is 0 Å². The molecule has 0 unspecified atom stereocenters. The molecule has 306 valence electrons. The molecule has 5 nitrogen and oxygen atoms in total. The SMILES string of the molecule is c1ccc2cc3c(cc2c1)c1ccccc1n3-c1cc2oc3c4ccccc4ccc3c2cc1-c1nc(-c2cccc3sc4ccccc4c23)nc(-c2cccc3sc4ccccc4c23)n1. The Morgan fingerprint density at radius 3 is 1.58 bits per heavy atom. The van der Waals surface area contributed by atoms with Crippen LogP contribution in [0.1, 0.15) is 0 Å². The zero-order chi connectivity index (χ0) is 43.0. The van der Waals surface area contributed by atoms with Crippen molar-refractivity contribution in [3.63, 3.8) is 0 Å². The molecule has 7 heteroatoms. The summed E-state index contributed by atoms with van der Waals surface area (Å²) in [4.78, 5) is 16.7. The van der Waals surface area contributed by atoms with E-state index in [1.165, 1.54) is 51.1 Å². The van der Waals surface area contributed by atoms with Gasteiger partial charge in [0.2, 0.25) is 0 Å². The molecule has 0 amide bonds. The van der Waals surface area contributed by atoms with Crippen molar-refractivity contribution >= 4 is 128 Å². The van der Waals surface area contributed by atoms with Gasteiger partial charge in [-0.1, -0.05) is 133 Å². The maximum Gasteiger partial charge on any atom is 0.166 e. The van der Waals surface area contributed by atoms with Gasteiger partial charge in [-0.2, -0.15) is 0 Å². The van der Waals surface area contributed by atoms with Gasteiger partial charge in [-0.25, -0.2) is 15.0 Å². The Hall–Kier alpha value is -8.23. The van der Waals surface area contributed by atoms with Crippen LogP contribution in [0.5, 0.6) is 0 Å². The first-order chi connectivity index (χ1) is 32.7. The summed E-state index contributed by atoms with van der Waals surface area (Å²) < 4.78 is 14.2. The van der Waals surface area contributed by atoms with Crippen LogP contribution in [0, 0.1) is 0 Å². The van der Waals surface area contributed by atoms with Gasteiger partial charge >= 0.3 is 0 Å². The first-order valence-electron chi connectivity index (χ1n) is 22.1. The minimum absolute atomic E-state index is 0.585. The molecule has 15 aromatic rings. The maximum absolute atomic E-state index is 6.97. The number of thiophene rings is 2. The van der Waals surface area contributed by atoms with Crippen LogP contribution in [-0.2, 0) is 0 Å². The van der Waals surface area contributed by atoms with Crippen molar-refractivity contribution in [1.29, 1.82) is 0 Å². The highest BCUT2D eigenvalue weighted by Gasteiger charge is 2.25. The summed E-state index contributed by atoms with van der Waals surface area (Å²) in [7, 11) is 0. The Balaban J connectivity index is 1.10. The van der Waals surface area contributed by atoms with Crippen molar-refractivity contribution < 1.29 is 4.42 Å². The van der Waals surface area contributed by atoms with Gasteiger partial charge in [0.25, 0.3) is 0 Å². The van der Waals surface area contributed by atoms with Crippen LogP contribution in [0.25, 0.3) is 145 Å². The smallest absolute Gasteiger partial charge is 0.166 e. The molecular weight excluding hydrogens is 845 g/mol. The number of hydrogen-bond acceptors (Lipinski definition) is 6. The number of fused-ring (bicyclic) bond motifs is 15. The highest BCUT2D eigenvalue weighted by molar-refractivity contribution is 7.26. The van der Waals surface area contributed by atoms with Gasteiger partial charge in [0.05, 0.1) is 16.7 Å². The average Bonchev–Trinajstić information content (AvgIpc) is 4.14. The first-order valence-corrected chi connectivity index (χ1v) is 23.7. The van der Waals surface area contributed by atoms with Crippen LogP contribution in [0.2, 0.25) is 0 Å². The quantitative estimate of drug-likeness (QED) is 0.177. The van der Waals surface area contributed by atoms with Crippen LogP contribution in [0.15, 0.2) is 199 Å². The molecule has 0 fully saturated rings. The molecule has 0 saturated heterocycles. The number of hydrogen-bond donors (Lipinski definition) is 0. The van der Waals surface area contributed by atoms with E-state index in [2.05, 4.69) is 199 Å². The summed E-state index contributed by atoms with van der Waals surface area (Å²) in [5.41, 5.74) is 7.59. The van der Waals surface area contributed by atoms with Crippen molar-refractivity contribution in [2.45, 2.75) is 0 Å². The third-order valence-electron chi connectivity index (χ3n) is 13.4. The normalized spacial score (nSPS) is 12.2. The van der Waals surface area contributed by atoms with E-state index in [0.29, 0.717) is 17.5 Å². The molecule has 0 aliphatic rings. The fourth-order valence-electron chi connectivity index (χ4n) is 10.5. The van der Waals surface area contributed by atoms with Gasteiger partial charge < -0.3 is 8.98 Å². The summed E-state index contributed by atoms with van der Waals surface area (Å²) in [6.45, 7) is 0. The third kappa shape index (κ3) is 5.18. The van der Waals surface area contributed by atoms with E-state index >= 15 is 0 Å². The first kappa shape index (κ1) is 36.1. The maximum atomic E-state index is 6.97. The Morgan fingerprint density at radius 1 is 0.348 bits per heavy atom. The molecule has 5 aromatic heterocycles. The Labute approximate surface area is 384 Å². The number of para-hydroxylation sites is 1. The summed E-state index contributed by atoms with van der Waals surface area (Å²) in [6, 6.07) is 69.5. The van der Waals surface area contributed by atoms with Crippen molar-refractivity contribution in [2.24, 2.45) is 0 Å². The molecular formula is C59H32N4OS2. The molecule has 0 spiro atoms. The van der Waals surface area contributed by atoms with Crippen LogP contribution in [0.4, 0.5) is 0 Å². The average molecular weight is 877 g/mol. The second kappa shape index (κ2) is 13.6. The lowest BCUT2D eigenvalue weighted by Crippen LogP contribution is -2.04. The molecule has 15 rings (SSSR count). The fourth-order valence-corrected chi connectivity index (χ4v) is 12.7. The number of benzene rings is 10. The molecule has 0 aliphatic carbocycles. The van der Waals surface area contributed by atoms with Crippen LogP contribution < -0.4 is 0 Å². The molecule has 0 saturated carbocycles. The number of rotatable bonds is 4. The van der Waals surface area contributed by atoms with E-state index in [4.69, 9.17) is 19.4 Å². The summed E-state index contributed by atoms with van der Waals surface area (Å²) >= 11 is 3.60. The third-order valence-corrected chi connectivity index (χ3v) is 15.7. The fraction of sp³-hybridized carbons (Fsp3) is 0. The molecule has 10 aromatic carbocycles. The largest absolute Gasteiger partial charge is 0.455 e. The van der Waals surface area contributed by atoms with E-state index in [-0.39, 0.29) is 0 Å². The van der Waals surface area contributed by atoms with Gasteiger partial charge in [0.1, 0.15) is 11.2 Å². The molecule has 0 atom stereocenters. The van der Waals surface area contributed by atoms with Gasteiger partial charge in [0, 0.05) is 90.0 Å². The minimum Gasteiger partial charge on any atom is -0.455 e. The number of nitrogens with zero attached hydrogens (tertiary/aromatic N) is 4. The second-order valence-corrected chi connectivity index (χ2v) is 19.2. The second-order valence-electron chi connectivity index (χ2n) is 17.1. The van der Waals surface area contributed by atoms with Gasteiger partial charge in [-0.05, 0) is 70.8 Å². The van der Waals surface area contributed by atoms with E-state index < -0.39 is 0 Å². The van der Waals surface area contributed by atoms with Gasteiger partial charge in [-0.15, -0.1) is 22.7 Å². The van der Waals surface area contributed by atoms with Gasteiger partial charge in [-0.3, -0.25) is 0 Å². The lowest BCUT2D eigenvalue weighted by Gasteiger charge is -2.16. The Bertz CT molecular complexity index is 4420. The van der Waals surface area contributed by atoms with Crippen molar-refractivity contribution in [3.8, 4) is 39.9 Å². The predicted octanol–water partition coefficient (Wildman–Crippen LogP) is 16.9. The lowest BCUT2D eigenvalue weighted by molar-refractivity contribution is 0.672. The van der Waals surface area contributed by atoms with Crippen molar-refractivity contribution in [1.82, 2.24) is 19.5 Å². The lowest BCUT2D eigenvalue weighted by atomic mass is 10.0. The van der Waals surface area contributed by atoms with Crippen LogP contribution in [-0.4, -0.2) is 19.5 Å². The van der Waals surface area contributed by atoms with Gasteiger partial charge in [0.15, 0.2) is 17.5 Å². The molecule has 0 aliphatic heterocycles. The monoisotopic (exact) mass is 876 g/mol. The highest BCUT2D eigenvalue weighted by atomic mass is 32.1. The molecule has 0 bridgehead atoms. The Kier molecular flexibility index (Phi) is 7.47. The van der Waals surface area contributed by atoms with Crippen LogP contribution in [0.3, 0.4) is 0 Å². The molecule has 0 radical (unpaired) electrons. The zero-order valence-corrected chi connectivity index (χ0v) is 36.6. The number of furan rings is 1. The molecule has 66 heavy (non-hydrogen) atoms. The van der Waals surface area contributed by atoms with E-state index in [0.717, 1.165) is 76.9 Å². The van der Waals surface area contributed by atoms with E-state index in [9.17, 15) is 0 Å². The highest BCUT2D eigenvalue weighted by Crippen LogP contribution is 2.45. The summed E-state index contributed by atoms with van der Waals surface area (Å²) in [6.07, 6.45) is 0. The van der Waals surface area contributed by atoms with Crippen molar-refractivity contribution in [3.05, 3.63) is 194 Å². The Morgan fingerprint density at radius 2 is 0.894 bits per heavy atom. The zero-order valence-electron chi connectivity index (χ0n) is 35.0. The summed E-state index contributed by atoms with van der Waals surface area (Å²) in [5, 5.41) is 13.7. The minimum atomic E-state index is 0.585. The topological polar surface area (TPSA) is 56.7 Å². The van der Waals surface area contributed by atoms with Crippen molar-refractivity contribution in [2.75, 3.05) is 0 Å².